The van der Waals surface area contributed by atoms with Gasteiger partial charge in [0, 0.05) is 26.2 Å². The summed E-state index contributed by atoms with van der Waals surface area (Å²) >= 11 is 0. The zero-order valence-electron chi connectivity index (χ0n) is 15.0. The van der Waals surface area contributed by atoms with Crippen LogP contribution in [0.15, 0.2) is 42.5 Å². The number of fused-ring (bicyclic) bond motifs is 1. The van der Waals surface area contributed by atoms with Crippen LogP contribution in [0.1, 0.15) is 37.7 Å². The van der Waals surface area contributed by atoms with Gasteiger partial charge in [-0.3, -0.25) is 9.69 Å². The Morgan fingerprint density at radius 2 is 1.72 bits per heavy atom. The monoisotopic (exact) mass is 336 g/mol. The topological polar surface area (TPSA) is 23.6 Å². The third-order valence-corrected chi connectivity index (χ3v) is 5.80. The second-order valence-electron chi connectivity index (χ2n) is 7.60. The largest absolute Gasteiger partial charge is 0.342 e. The van der Waals surface area contributed by atoms with Gasteiger partial charge in [-0.2, -0.15) is 0 Å². The lowest BCUT2D eigenvalue weighted by Crippen LogP contribution is -2.46. The summed E-state index contributed by atoms with van der Waals surface area (Å²) < 4.78 is 0. The molecule has 0 aliphatic carbocycles. The van der Waals surface area contributed by atoms with Crippen molar-refractivity contribution >= 4 is 16.7 Å². The number of carbonyl (C=O) groups is 1. The maximum absolute atomic E-state index is 12.9. The van der Waals surface area contributed by atoms with Crippen LogP contribution < -0.4 is 0 Å². The van der Waals surface area contributed by atoms with Crippen LogP contribution in [0.3, 0.4) is 0 Å². The van der Waals surface area contributed by atoms with Gasteiger partial charge in [-0.05, 0) is 55.0 Å². The molecular formula is C22H28N2O. The molecule has 3 nitrogen and oxygen atoms in total. The lowest BCUT2D eigenvalue weighted by Gasteiger charge is -2.36. The molecule has 0 N–H and O–H groups in total. The van der Waals surface area contributed by atoms with E-state index in [0.29, 0.717) is 5.91 Å². The summed E-state index contributed by atoms with van der Waals surface area (Å²) in [4.78, 5) is 17.5. The number of rotatable bonds is 3. The standard InChI is InChI=1S/C22H28N2O/c25-22(24-14-4-1-5-15-24)20-11-7-13-23(17-20)16-19-10-6-9-18-8-2-3-12-21(18)19/h2-3,6,8-10,12,20H,1,4-5,7,11,13-17H2/t20-/m1/s1. The normalized spacial score (nSPS) is 22.2. The molecule has 1 atom stereocenters. The Bertz CT molecular complexity index is 730. The molecule has 0 unspecified atom stereocenters. The van der Waals surface area contributed by atoms with E-state index in [9.17, 15) is 4.79 Å². The molecule has 0 saturated carbocycles. The van der Waals surface area contributed by atoms with Crippen LogP contribution in [-0.2, 0) is 11.3 Å². The molecule has 3 heteroatoms. The van der Waals surface area contributed by atoms with Crippen LogP contribution in [0.4, 0.5) is 0 Å². The van der Waals surface area contributed by atoms with Crippen LogP contribution in [0, 0.1) is 5.92 Å². The van der Waals surface area contributed by atoms with Gasteiger partial charge in [0.1, 0.15) is 0 Å². The fraction of sp³-hybridized carbons (Fsp3) is 0.500. The number of piperidine rings is 2. The van der Waals surface area contributed by atoms with Gasteiger partial charge < -0.3 is 4.90 Å². The van der Waals surface area contributed by atoms with E-state index in [-0.39, 0.29) is 5.92 Å². The second kappa shape index (κ2) is 7.57. The van der Waals surface area contributed by atoms with Gasteiger partial charge in [0.2, 0.25) is 5.91 Å². The Labute approximate surface area is 150 Å². The van der Waals surface area contributed by atoms with Gasteiger partial charge in [0.15, 0.2) is 0 Å². The lowest BCUT2D eigenvalue weighted by molar-refractivity contribution is -0.138. The fourth-order valence-electron chi connectivity index (χ4n) is 4.44. The minimum Gasteiger partial charge on any atom is -0.342 e. The Balaban J connectivity index is 1.45. The number of hydrogen-bond acceptors (Lipinski definition) is 2. The molecule has 0 bridgehead atoms. The molecule has 0 radical (unpaired) electrons. The van der Waals surface area contributed by atoms with Crippen molar-refractivity contribution in [1.82, 2.24) is 9.80 Å². The average Bonchev–Trinajstić information content (AvgIpc) is 2.69. The highest BCUT2D eigenvalue weighted by Crippen LogP contribution is 2.25. The van der Waals surface area contributed by atoms with Crippen molar-refractivity contribution in [2.24, 2.45) is 5.92 Å². The highest BCUT2D eigenvalue weighted by molar-refractivity contribution is 5.85. The van der Waals surface area contributed by atoms with Gasteiger partial charge in [-0.25, -0.2) is 0 Å². The van der Waals surface area contributed by atoms with Crippen molar-refractivity contribution in [1.29, 1.82) is 0 Å². The second-order valence-corrected chi connectivity index (χ2v) is 7.60. The molecule has 2 aromatic rings. The molecule has 2 aromatic carbocycles. The van der Waals surface area contributed by atoms with Crippen molar-refractivity contribution < 1.29 is 4.79 Å². The van der Waals surface area contributed by atoms with E-state index in [1.54, 1.807) is 0 Å². The van der Waals surface area contributed by atoms with Gasteiger partial charge in [0.05, 0.1) is 5.92 Å². The molecule has 2 fully saturated rings. The van der Waals surface area contributed by atoms with Gasteiger partial charge >= 0.3 is 0 Å². The van der Waals surface area contributed by atoms with E-state index in [1.807, 2.05) is 0 Å². The Hall–Kier alpha value is -1.87. The quantitative estimate of drug-likeness (QED) is 0.844. The number of nitrogens with zero attached hydrogens (tertiary/aromatic N) is 2. The van der Waals surface area contributed by atoms with Crippen molar-refractivity contribution in [2.45, 2.75) is 38.6 Å². The maximum Gasteiger partial charge on any atom is 0.226 e. The molecule has 0 spiro atoms. The van der Waals surface area contributed by atoms with Crippen LogP contribution in [0.25, 0.3) is 10.8 Å². The molecule has 2 aliphatic rings. The molecule has 25 heavy (non-hydrogen) atoms. The van der Waals surface area contributed by atoms with Gasteiger partial charge in [-0.1, -0.05) is 42.5 Å². The minimum atomic E-state index is 0.196. The first kappa shape index (κ1) is 16.6. The third-order valence-electron chi connectivity index (χ3n) is 5.80. The third kappa shape index (κ3) is 3.72. The molecule has 2 aliphatic heterocycles. The predicted molar refractivity (Wildman–Crippen MR) is 102 cm³/mol. The fourth-order valence-corrected chi connectivity index (χ4v) is 4.44. The maximum atomic E-state index is 12.9. The molecule has 0 aromatic heterocycles. The van der Waals surface area contributed by atoms with Crippen LogP contribution in [-0.4, -0.2) is 41.9 Å². The van der Waals surface area contributed by atoms with E-state index in [0.717, 1.165) is 45.6 Å². The molecule has 4 rings (SSSR count). The SMILES string of the molecule is O=C([C@@H]1CCCN(Cc2cccc3ccccc23)C1)N1CCCCC1. The van der Waals surface area contributed by atoms with Crippen molar-refractivity contribution in [3.8, 4) is 0 Å². The van der Waals surface area contributed by atoms with E-state index in [2.05, 4.69) is 52.3 Å². The zero-order chi connectivity index (χ0) is 17.1. The molecular weight excluding hydrogens is 308 g/mol. The molecule has 1 amide bonds. The first-order valence-corrected chi connectivity index (χ1v) is 9.79. The van der Waals surface area contributed by atoms with Crippen LogP contribution >= 0.6 is 0 Å². The first-order valence-electron chi connectivity index (χ1n) is 9.79. The Morgan fingerprint density at radius 3 is 2.60 bits per heavy atom. The van der Waals surface area contributed by atoms with E-state index in [1.165, 1.54) is 35.6 Å². The first-order chi connectivity index (χ1) is 12.3. The summed E-state index contributed by atoms with van der Waals surface area (Å²) in [6.45, 7) is 4.91. The van der Waals surface area contributed by atoms with E-state index in [4.69, 9.17) is 0 Å². The summed E-state index contributed by atoms with van der Waals surface area (Å²) in [5, 5.41) is 2.65. The van der Waals surface area contributed by atoms with Crippen molar-refractivity contribution in [3.05, 3.63) is 48.0 Å². The van der Waals surface area contributed by atoms with Crippen molar-refractivity contribution in [3.63, 3.8) is 0 Å². The lowest BCUT2D eigenvalue weighted by atomic mass is 9.94. The van der Waals surface area contributed by atoms with Gasteiger partial charge in [-0.15, -0.1) is 0 Å². The van der Waals surface area contributed by atoms with Crippen LogP contribution in [0.2, 0.25) is 0 Å². The summed E-state index contributed by atoms with van der Waals surface area (Å²) in [5.74, 6) is 0.601. The molecule has 2 saturated heterocycles. The summed E-state index contributed by atoms with van der Waals surface area (Å²) in [6.07, 6.45) is 5.83. The average molecular weight is 336 g/mol. The van der Waals surface area contributed by atoms with Gasteiger partial charge in [0.25, 0.3) is 0 Å². The number of amides is 1. The van der Waals surface area contributed by atoms with E-state index < -0.39 is 0 Å². The Kier molecular flexibility index (Phi) is 5.02. The smallest absolute Gasteiger partial charge is 0.226 e. The number of likely N-dealkylation sites (tertiary alicyclic amines) is 2. The van der Waals surface area contributed by atoms with Crippen molar-refractivity contribution in [2.75, 3.05) is 26.2 Å². The number of hydrogen-bond donors (Lipinski definition) is 0. The number of benzene rings is 2. The minimum absolute atomic E-state index is 0.196. The summed E-state index contributed by atoms with van der Waals surface area (Å²) in [6, 6.07) is 15.2. The Morgan fingerprint density at radius 1 is 0.920 bits per heavy atom. The highest BCUT2D eigenvalue weighted by Gasteiger charge is 2.29. The highest BCUT2D eigenvalue weighted by atomic mass is 16.2. The predicted octanol–water partition coefficient (Wildman–Crippen LogP) is 4.06. The molecule has 132 valence electrons. The van der Waals surface area contributed by atoms with E-state index >= 15 is 0 Å². The zero-order valence-corrected chi connectivity index (χ0v) is 15.0. The van der Waals surface area contributed by atoms with Crippen LogP contribution in [0.5, 0.6) is 0 Å². The number of carbonyl (C=O) groups excluding carboxylic acids is 1. The molecule has 2 heterocycles. The summed E-state index contributed by atoms with van der Waals surface area (Å²) in [7, 11) is 0. The summed E-state index contributed by atoms with van der Waals surface area (Å²) in [5.41, 5.74) is 1.38.